The molecule has 160 valence electrons. The van der Waals surface area contributed by atoms with E-state index in [-0.39, 0.29) is 11.9 Å². The lowest BCUT2D eigenvalue weighted by molar-refractivity contribution is 0.0589. The van der Waals surface area contributed by atoms with Gasteiger partial charge in [0.05, 0.1) is 13.2 Å². The van der Waals surface area contributed by atoms with Crippen molar-refractivity contribution in [2.75, 3.05) is 20.3 Å². The monoisotopic (exact) mass is 479 g/mol. The number of fused-ring (bicyclic) bond motifs is 1. The Bertz CT molecular complexity index is 1090. The van der Waals surface area contributed by atoms with E-state index in [2.05, 4.69) is 41.9 Å². The molecule has 0 spiro atoms. The fourth-order valence-corrected chi connectivity index (χ4v) is 4.45. The van der Waals surface area contributed by atoms with E-state index >= 15 is 0 Å². The van der Waals surface area contributed by atoms with E-state index in [1.807, 2.05) is 53.4 Å². The highest BCUT2D eigenvalue weighted by molar-refractivity contribution is 9.10. The van der Waals surface area contributed by atoms with Gasteiger partial charge in [0.1, 0.15) is 18.1 Å². The first-order valence-corrected chi connectivity index (χ1v) is 11.2. The summed E-state index contributed by atoms with van der Waals surface area (Å²) in [5, 5.41) is 0. The Kier molecular flexibility index (Phi) is 6.33. The molecular weight excluding hydrogens is 454 g/mol. The minimum Gasteiger partial charge on any atom is -0.497 e. The van der Waals surface area contributed by atoms with E-state index in [9.17, 15) is 4.79 Å². The van der Waals surface area contributed by atoms with Crippen LogP contribution in [0.1, 0.15) is 38.7 Å². The molecule has 4 rings (SSSR count). The largest absolute Gasteiger partial charge is 0.497 e. The number of aryl methyl sites for hydroxylation is 2. The number of nitrogens with zero attached hydrogens (tertiary/aromatic N) is 1. The van der Waals surface area contributed by atoms with E-state index in [1.54, 1.807) is 7.11 Å². The van der Waals surface area contributed by atoms with Crippen LogP contribution in [0.3, 0.4) is 0 Å². The van der Waals surface area contributed by atoms with Gasteiger partial charge in [-0.25, -0.2) is 0 Å². The Labute approximate surface area is 191 Å². The molecule has 0 bridgehead atoms. The first kappa shape index (κ1) is 21.4. The van der Waals surface area contributed by atoms with Crippen molar-refractivity contribution >= 4 is 21.8 Å². The van der Waals surface area contributed by atoms with Crippen LogP contribution in [0.2, 0.25) is 0 Å². The van der Waals surface area contributed by atoms with Gasteiger partial charge < -0.3 is 14.4 Å². The van der Waals surface area contributed by atoms with Crippen molar-refractivity contribution in [3.8, 4) is 11.5 Å². The van der Waals surface area contributed by atoms with Gasteiger partial charge in [0.25, 0.3) is 5.91 Å². The molecule has 3 aromatic rings. The predicted octanol–water partition coefficient (Wildman–Crippen LogP) is 5.89. The van der Waals surface area contributed by atoms with Gasteiger partial charge in [-0.1, -0.05) is 34.1 Å². The molecular formula is C26H26BrNO3. The second kappa shape index (κ2) is 9.15. The summed E-state index contributed by atoms with van der Waals surface area (Å²) in [5.74, 6) is 1.56. The first-order valence-electron chi connectivity index (χ1n) is 10.4. The Morgan fingerprint density at radius 3 is 2.45 bits per heavy atom. The number of methoxy groups -OCH3 is 1. The molecule has 0 radical (unpaired) electrons. The lowest BCUT2D eigenvalue weighted by atomic mass is 9.89. The average Bonchev–Trinajstić information content (AvgIpc) is 2.78. The third kappa shape index (κ3) is 4.62. The quantitative estimate of drug-likeness (QED) is 0.457. The second-order valence-electron chi connectivity index (χ2n) is 7.90. The average molecular weight is 480 g/mol. The number of amides is 1. The topological polar surface area (TPSA) is 38.8 Å². The first-order chi connectivity index (χ1) is 15.0. The Hall–Kier alpha value is -2.79. The van der Waals surface area contributed by atoms with Gasteiger partial charge in [0, 0.05) is 16.6 Å². The number of hydrogen-bond donors (Lipinski definition) is 0. The molecule has 4 nitrogen and oxygen atoms in total. The molecule has 31 heavy (non-hydrogen) atoms. The third-order valence-corrected chi connectivity index (χ3v) is 6.41. The number of carbonyl (C=O) groups excluding carboxylic acids is 1. The van der Waals surface area contributed by atoms with Gasteiger partial charge in [0.2, 0.25) is 0 Å². The maximum Gasteiger partial charge on any atom is 0.254 e. The maximum atomic E-state index is 13.5. The number of carbonyl (C=O) groups is 1. The van der Waals surface area contributed by atoms with Gasteiger partial charge in [-0.2, -0.15) is 0 Å². The van der Waals surface area contributed by atoms with Gasteiger partial charge in [-0.3, -0.25) is 4.79 Å². The van der Waals surface area contributed by atoms with E-state index in [4.69, 9.17) is 9.47 Å². The minimum absolute atomic E-state index is 0.0218. The zero-order chi connectivity index (χ0) is 22.0. The van der Waals surface area contributed by atoms with Crippen molar-refractivity contribution in [3.63, 3.8) is 0 Å². The van der Waals surface area contributed by atoms with E-state index < -0.39 is 0 Å². The molecule has 5 heteroatoms. The van der Waals surface area contributed by atoms with Crippen LogP contribution >= 0.6 is 15.9 Å². The normalized spacial score (nSPS) is 15.4. The molecule has 1 unspecified atom stereocenters. The van der Waals surface area contributed by atoms with Crippen molar-refractivity contribution in [2.45, 2.75) is 26.3 Å². The van der Waals surface area contributed by atoms with Gasteiger partial charge >= 0.3 is 0 Å². The molecule has 0 aliphatic carbocycles. The molecule has 1 heterocycles. The summed E-state index contributed by atoms with van der Waals surface area (Å²) < 4.78 is 12.3. The van der Waals surface area contributed by atoms with Crippen LogP contribution in [0.4, 0.5) is 0 Å². The fraction of sp³-hybridized carbons (Fsp3) is 0.269. The highest BCUT2D eigenvalue weighted by Gasteiger charge is 2.32. The Morgan fingerprint density at radius 2 is 1.74 bits per heavy atom. The maximum absolute atomic E-state index is 13.5. The molecule has 0 N–H and O–H groups in total. The number of benzene rings is 3. The molecule has 1 atom stereocenters. The lowest BCUT2D eigenvalue weighted by Crippen LogP contribution is -2.42. The second-order valence-corrected chi connectivity index (χ2v) is 8.81. The van der Waals surface area contributed by atoms with Crippen molar-refractivity contribution < 1.29 is 14.3 Å². The van der Waals surface area contributed by atoms with E-state index in [0.717, 1.165) is 22.4 Å². The zero-order valence-electron chi connectivity index (χ0n) is 18.0. The van der Waals surface area contributed by atoms with Crippen LogP contribution < -0.4 is 9.47 Å². The van der Waals surface area contributed by atoms with Crippen LogP contribution in [-0.4, -0.2) is 31.1 Å². The van der Waals surface area contributed by atoms with E-state index in [0.29, 0.717) is 18.7 Å². The molecule has 0 aromatic heterocycles. The van der Waals surface area contributed by atoms with Crippen molar-refractivity contribution in [1.29, 1.82) is 0 Å². The van der Waals surface area contributed by atoms with Gasteiger partial charge in [-0.15, -0.1) is 0 Å². The molecule has 1 aliphatic rings. The molecule has 1 aliphatic heterocycles. The summed E-state index contributed by atoms with van der Waals surface area (Å²) in [6, 6.07) is 19.4. The fourth-order valence-electron chi connectivity index (χ4n) is 4.05. The summed E-state index contributed by atoms with van der Waals surface area (Å²) in [4.78, 5) is 15.4. The lowest BCUT2D eigenvalue weighted by Gasteiger charge is -2.38. The van der Waals surface area contributed by atoms with Crippen molar-refractivity contribution in [2.24, 2.45) is 0 Å². The molecule has 0 saturated heterocycles. The standard InChI is InChI=1S/C26H26BrNO3/c1-17-13-19-11-12-28(26(29)20-5-4-6-21(27)15-20)25(24(19)14-18(17)2)16-31-23-9-7-22(30-3)8-10-23/h4-10,13-15,25H,11-12,16H2,1-3H3. The Balaban J connectivity index is 1.66. The summed E-state index contributed by atoms with van der Waals surface area (Å²) in [7, 11) is 1.64. The van der Waals surface area contributed by atoms with Crippen LogP contribution in [0.5, 0.6) is 11.5 Å². The summed E-state index contributed by atoms with van der Waals surface area (Å²) >= 11 is 3.48. The number of ether oxygens (including phenoxy) is 2. The summed E-state index contributed by atoms with van der Waals surface area (Å²) in [6.45, 7) is 5.31. The number of halogens is 1. The minimum atomic E-state index is -0.156. The number of hydrogen-bond acceptors (Lipinski definition) is 3. The zero-order valence-corrected chi connectivity index (χ0v) is 19.6. The third-order valence-electron chi connectivity index (χ3n) is 5.91. The van der Waals surface area contributed by atoms with E-state index in [1.165, 1.54) is 22.3 Å². The van der Waals surface area contributed by atoms with Crippen LogP contribution in [0, 0.1) is 13.8 Å². The molecule has 0 fully saturated rings. The highest BCUT2D eigenvalue weighted by atomic mass is 79.9. The molecule has 1 amide bonds. The predicted molar refractivity (Wildman–Crippen MR) is 126 cm³/mol. The van der Waals surface area contributed by atoms with Crippen LogP contribution in [-0.2, 0) is 6.42 Å². The highest BCUT2D eigenvalue weighted by Crippen LogP contribution is 2.34. The SMILES string of the molecule is COc1ccc(OCC2c3cc(C)c(C)cc3CCN2C(=O)c2cccc(Br)c2)cc1. The Morgan fingerprint density at radius 1 is 1.03 bits per heavy atom. The van der Waals surface area contributed by atoms with Crippen LogP contribution in [0.15, 0.2) is 65.1 Å². The van der Waals surface area contributed by atoms with Crippen molar-refractivity contribution in [1.82, 2.24) is 4.90 Å². The molecule has 0 saturated carbocycles. The summed E-state index contributed by atoms with van der Waals surface area (Å²) in [5.41, 5.74) is 5.65. The smallest absolute Gasteiger partial charge is 0.254 e. The molecule has 3 aromatic carbocycles. The van der Waals surface area contributed by atoms with Crippen LogP contribution in [0.25, 0.3) is 0 Å². The van der Waals surface area contributed by atoms with Gasteiger partial charge in [0.15, 0.2) is 0 Å². The van der Waals surface area contributed by atoms with Crippen molar-refractivity contribution in [3.05, 3.63) is 93.0 Å². The summed E-state index contributed by atoms with van der Waals surface area (Å²) in [6.07, 6.45) is 0.842. The number of rotatable bonds is 5. The van der Waals surface area contributed by atoms with Gasteiger partial charge in [-0.05, 0) is 85.0 Å².